The van der Waals surface area contributed by atoms with Gasteiger partial charge in [-0.05, 0) is 0 Å². The standard InChI is InChI=1S/C10H22O4S2Se4/c11-19(12)9-3-1-7-17-15-5-6-16-18-8-2-4-10-20(13)14/h1-10H2,(H,11,12)(H,13,14). The molecule has 0 aromatic rings. The van der Waals surface area contributed by atoms with Gasteiger partial charge in [-0.2, -0.15) is 0 Å². The quantitative estimate of drug-likeness (QED) is 0.226. The number of hydrogen-bond donors (Lipinski definition) is 2. The number of hydrogen-bond acceptors (Lipinski definition) is 4. The third-order valence-corrected chi connectivity index (χ3v) is 13.9. The van der Waals surface area contributed by atoms with Gasteiger partial charge in [0.2, 0.25) is 0 Å². The summed E-state index contributed by atoms with van der Waals surface area (Å²) in [4.78, 5) is 0. The van der Waals surface area contributed by atoms with Gasteiger partial charge in [0, 0.05) is 0 Å². The third kappa shape index (κ3) is 20.3. The SMILES string of the molecule is O=[Se](O)CCCC[Se]SCCS[Se]CCCC[Se](=O)O. The molecule has 0 rings (SSSR count). The Bertz CT molecular complexity index is 246. The summed E-state index contributed by atoms with van der Waals surface area (Å²) in [6.45, 7) is 0. The predicted molar refractivity (Wildman–Crippen MR) is 91.4 cm³/mol. The van der Waals surface area contributed by atoms with Gasteiger partial charge in [0.05, 0.1) is 0 Å². The van der Waals surface area contributed by atoms with Crippen molar-refractivity contribution in [2.45, 2.75) is 47.0 Å². The Morgan fingerprint density at radius 3 is 1.50 bits per heavy atom. The topological polar surface area (TPSA) is 74.6 Å². The molecule has 20 heavy (non-hydrogen) atoms. The van der Waals surface area contributed by atoms with Crippen LogP contribution in [0, 0.1) is 0 Å². The molecule has 122 valence electrons. The molecule has 2 unspecified atom stereocenters. The van der Waals surface area contributed by atoms with Crippen LogP contribution in [-0.2, 0) is 7.67 Å². The fourth-order valence-corrected chi connectivity index (χ4v) is 12.1. The molecule has 0 heterocycles. The van der Waals surface area contributed by atoms with Crippen LogP contribution in [0.2, 0.25) is 21.3 Å². The third-order valence-electron chi connectivity index (χ3n) is 2.01. The van der Waals surface area contributed by atoms with E-state index >= 15 is 0 Å². The first-order valence-corrected chi connectivity index (χ1v) is 20.1. The normalized spacial score (nSPS) is 14.3. The first-order chi connectivity index (χ1) is 9.63. The van der Waals surface area contributed by atoms with Crippen LogP contribution in [0.15, 0.2) is 0 Å². The average molecular weight is 586 g/mol. The van der Waals surface area contributed by atoms with Gasteiger partial charge in [-0.15, -0.1) is 0 Å². The predicted octanol–water partition coefficient (Wildman–Crippen LogP) is 1.91. The van der Waals surface area contributed by atoms with Crippen LogP contribution >= 0.6 is 20.4 Å². The van der Waals surface area contributed by atoms with E-state index in [4.69, 9.17) is 8.38 Å². The van der Waals surface area contributed by atoms with Crippen LogP contribution < -0.4 is 0 Å². The second-order valence-corrected chi connectivity index (χ2v) is 17.6. The van der Waals surface area contributed by atoms with Crippen molar-refractivity contribution < 1.29 is 16.0 Å². The molecular weight excluding hydrogens is 564 g/mol. The molecule has 0 radical (unpaired) electrons. The molecule has 0 aromatic carbocycles. The van der Waals surface area contributed by atoms with Crippen molar-refractivity contribution in [3.63, 3.8) is 0 Å². The van der Waals surface area contributed by atoms with Crippen molar-refractivity contribution in [2.75, 3.05) is 11.5 Å². The minimum absolute atomic E-state index is 0.519. The molecule has 0 aromatic heterocycles. The van der Waals surface area contributed by atoms with Gasteiger partial charge in [-0.1, -0.05) is 0 Å². The second-order valence-electron chi connectivity index (χ2n) is 3.75. The zero-order valence-electron chi connectivity index (χ0n) is 11.2. The van der Waals surface area contributed by atoms with E-state index in [1.165, 1.54) is 22.1 Å². The van der Waals surface area contributed by atoms with E-state index in [2.05, 4.69) is 0 Å². The van der Waals surface area contributed by atoms with Gasteiger partial charge in [0.1, 0.15) is 0 Å². The maximum atomic E-state index is 10.5. The Hall–Kier alpha value is 2.30. The van der Waals surface area contributed by atoms with E-state index in [0.717, 1.165) is 25.7 Å². The van der Waals surface area contributed by atoms with E-state index in [9.17, 15) is 7.67 Å². The van der Waals surface area contributed by atoms with Crippen LogP contribution in [-0.4, -0.2) is 75.9 Å². The fraction of sp³-hybridized carbons (Fsp3) is 1.00. The first-order valence-electron chi connectivity index (χ1n) is 6.26. The summed E-state index contributed by atoms with van der Waals surface area (Å²) in [5.74, 6) is 2.44. The summed E-state index contributed by atoms with van der Waals surface area (Å²) in [7, 11) is 4.07. The van der Waals surface area contributed by atoms with Crippen molar-refractivity contribution in [1.29, 1.82) is 0 Å². The Morgan fingerprint density at radius 2 is 1.15 bits per heavy atom. The molecule has 0 spiro atoms. The van der Waals surface area contributed by atoms with Crippen LogP contribution in [0.3, 0.4) is 0 Å². The molecular formula is C10H22O4S2Se4. The minimum atomic E-state index is -2.43. The molecule has 0 aliphatic heterocycles. The summed E-state index contributed by atoms with van der Waals surface area (Å²) in [5, 5.41) is 3.47. The van der Waals surface area contributed by atoms with E-state index in [1.807, 2.05) is 20.4 Å². The molecule has 0 fully saturated rings. The first kappa shape index (κ1) is 22.3. The van der Waals surface area contributed by atoms with Gasteiger partial charge in [0.25, 0.3) is 0 Å². The molecule has 0 bridgehead atoms. The summed E-state index contributed by atoms with van der Waals surface area (Å²) >= 11 is -3.59. The van der Waals surface area contributed by atoms with Gasteiger partial charge < -0.3 is 0 Å². The fourth-order valence-electron chi connectivity index (χ4n) is 1.08. The molecule has 0 saturated carbocycles. The molecule has 0 saturated heterocycles. The number of rotatable bonds is 15. The van der Waals surface area contributed by atoms with Crippen molar-refractivity contribution in [3.05, 3.63) is 0 Å². The van der Waals surface area contributed by atoms with Gasteiger partial charge >= 0.3 is 151 Å². The molecule has 10 heteroatoms. The van der Waals surface area contributed by atoms with Crippen molar-refractivity contribution >= 4 is 76.4 Å². The van der Waals surface area contributed by atoms with Crippen LogP contribution in [0.5, 0.6) is 0 Å². The Balaban J connectivity index is 2.99. The Labute approximate surface area is 149 Å². The average Bonchev–Trinajstić information content (AvgIpc) is 2.38. The van der Waals surface area contributed by atoms with E-state index < -0.39 is 28.3 Å². The van der Waals surface area contributed by atoms with Crippen molar-refractivity contribution in [2.24, 2.45) is 0 Å². The zero-order chi connectivity index (χ0) is 15.1. The van der Waals surface area contributed by atoms with E-state index in [1.54, 1.807) is 0 Å². The summed E-state index contributed by atoms with van der Waals surface area (Å²) in [6, 6.07) is 0. The summed E-state index contributed by atoms with van der Waals surface area (Å²) < 4.78 is 38.4. The maximum absolute atomic E-state index is 10.5. The summed E-state index contributed by atoms with van der Waals surface area (Å²) in [5.41, 5.74) is 0. The number of unbranched alkanes of at least 4 members (excludes halogenated alkanes) is 2. The van der Waals surface area contributed by atoms with Gasteiger partial charge in [-0.3, -0.25) is 0 Å². The van der Waals surface area contributed by atoms with Crippen LogP contribution in [0.25, 0.3) is 0 Å². The molecule has 2 atom stereocenters. The molecule has 0 aliphatic carbocycles. The second kappa shape index (κ2) is 17.6. The Kier molecular flexibility index (Phi) is 19.7. The van der Waals surface area contributed by atoms with E-state index in [0.29, 0.717) is 38.3 Å². The molecule has 4 nitrogen and oxygen atoms in total. The zero-order valence-corrected chi connectivity index (χ0v) is 19.7. The van der Waals surface area contributed by atoms with Gasteiger partial charge in [-0.25, -0.2) is 0 Å². The molecule has 0 aliphatic rings. The van der Waals surface area contributed by atoms with Crippen molar-refractivity contribution in [1.82, 2.24) is 0 Å². The van der Waals surface area contributed by atoms with Gasteiger partial charge in [0.15, 0.2) is 0 Å². The van der Waals surface area contributed by atoms with Crippen molar-refractivity contribution in [3.8, 4) is 0 Å². The van der Waals surface area contributed by atoms with Crippen LogP contribution in [0.4, 0.5) is 0 Å². The van der Waals surface area contributed by atoms with E-state index in [-0.39, 0.29) is 0 Å². The van der Waals surface area contributed by atoms with Crippen LogP contribution in [0.1, 0.15) is 25.7 Å². The Morgan fingerprint density at radius 1 is 0.750 bits per heavy atom. The summed E-state index contributed by atoms with van der Waals surface area (Å²) in [6.07, 6.45) is 4.01. The molecule has 2 N–H and O–H groups in total. The molecule has 0 amide bonds. The monoisotopic (exact) mass is 590 g/mol.